The summed E-state index contributed by atoms with van der Waals surface area (Å²) >= 11 is 0. The van der Waals surface area contributed by atoms with Gasteiger partial charge in [-0.2, -0.15) is 0 Å². The molecule has 1 saturated heterocycles. The Balaban J connectivity index is 1.84. The zero-order valence-electron chi connectivity index (χ0n) is 15.7. The highest BCUT2D eigenvalue weighted by atomic mass is 16.2. The second kappa shape index (κ2) is 9.91. The van der Waals surface area contributed by atoms with E-state index in [0.717, 1.165) is 39.1 Å². The van der Waals surface area contributed by atoms with Crippen molar-refractivity contribution in [2.75, 3.05) is 44.2 Å². The molecule has 1 fully saturated rings. The molecule has 1 aliphatic heterocycles. The van der Waals surface area contributed by atoms with Crippen molar-refractivity contribution in [3.63, 3.8) is 0 Å². The lowest BCUT2D eigenvalue weighted by molar-refractivity contribution is -0.129. The van der Waals surface area contributed by atoms with Crippen molar-refractivity contribution in [3.05, 3.63) is 30.3 Å². The van der Waals surface area contributed by atoms with Crippen LogP contribution in [0.2, 0.25) is 0 Å². The molecule has 0 spiro atoms. The van der Waals surface area contributed by atoms with Gasteiger partial charge in [0.15, 0.2) is 5.96 Å². The number of nitrogens with zero attached hydrogens (tertiary/aromatic N) is 3. The lowest BCUT2D eigenvalue weighted by Crippen LogP contribution is -2.50. The van der Waals surface area contributed by atoms with Gasteiger partial charge in [-0.15, -0.1) is 0 Å². The first-order valence-electron chi connectivity index (χ1n) is 9.26. The van der Waals surface area contributed by atoms with Gasteiger partial charge in [-0.1, -0.05) is 25.1 Å². The van der Waals surface area contributed by atoms with Crippen molar-refractivity contribution in [2.24, 2.45) is 4.99 Å². The lowest BCUT2D eigenvalue weighted by atomic mass is 10.2. The molecule has 6 nitrogen and oxygen atoms in total. The minimum atomic E-state index is 0.0917. The number of para-hydroxylation sites is 1. The maximum Gasteiger partial charge on any atom is 0.244 e. The van der Waals surface area contributed by atoms with E-state index < -0.39 is 0 Å². The number of piperazine rings is 1. The molecule has 6 heteroatoms. The van der Waals surface area contributed by atoms with Gasteiger partial charge in [0.2, 0.25) is 5.91 Å². The Bertz CT molecular complexity index is 552. The first-order chi connectivity index (χ1) is 12.1. The highest BCUT2D eigenvalue weighted by molar-refractivity contribution is 5.85. The minimum absolute atomic E-state index is 0.0917. The molecule has 138 valence electrons. The predicted molar refractivity (Wildman–Crippen MR) is 104 cm³/mol. The largest absolute Gasteiger partial charge is 0.368 e. The molecule has 25 heavy (non-hydrogen) atoms. The van der Waals surface area contributed by atoms with Crippen LogP contribution in [-0.4, -0.2) is 62.1 Å². The normalized spacial score (nSPS) is 16.5. The Morgan fingerprint density at radius 3 is 2.44 bits per heavy atom. The standard InChI is InChI=1S/C19H31N5O/c1-4-16(3)22-19(20-5-2)21-15-18(25)24-13-11-23(12-14-24)17-9-7-6-8-10-17/h6-10,16H,4-5,11-15H2,1-3H3,(H2,20,21,22). The molecular weight excluding hydrogens is 314 g/mol. The molecule has 1 aromatic carbocycles. The van der Waals surface area contributed by atoms with Crippen molar-refractivity contribution in [1.29, 1.82) is 0 Å². The number of carbonyl (C=O) groups excluding carboxylic acids is 1. The number of benzene rings is 1. The summed E-state index contributed by atoms with van der Waals surface area (Å²) in [6.07, 6.45) is 1.01. The Labute approximate surface area is 151 Å². The Hall–Kier alpha value is -2.24. The maximum absolute atomic E-state index is 12.5. The first-order valence-corrected chi connectivity index (χ1v) is 9.26. The van der Waals surface area contributed by atoms with Gasteiger partial charge < -0.3 is 20.4 Å². The van der Waals surface area contributed by atoms with Crippen LogP contribution in [-0.2, 0) is 4.79 Å². The number of guanidine groups is 1. The molecule has 0 aliphatic carbocycles. The van der Waals surface area contributed by atoms with Gasteiger partial charge in [-0.05, 0) is 32.4 Å². The van der Waals surface area contributed by atoms with Gasteiger partial charge in [0.05, 0.1) is 0 Å². The van der Waals surface area contributed by atoms with Crippen LogP contribution >= 0.6 is 0 Å². The number of hydrogen-bond donors (Lipinski definition) is 2. The maximum atomic E-state index is 12.5. The fourth-order valence-corrected chi connectivity index (χ4v) is 2.76. The predicted octanol–water partition coefficient (Wildman–Crippen LogP) is 1.69. The summed E-state index contributed by atoms with van der Waals surface area (Å²) in [4.78, 5) is 21.1. The lowest BCUT2D eigenvalue weighted by Gasteiger charge is -2.36. The summed E-state index contributed by atoms with van der Waals surface area (Å²) in [7, 11) is 0. The molecule has 2 rings (SSSR count). The molecular formula is C19H31N5O. The van der Waals surface area contributed by atoms with Crippen LogP contribution in [0.5, 0.6) is 0 Å². The molecule has 1 amide bonds. The van der Waals surface area contributed by atoms with Crippen LogP contribution in [0, 0.1) is 0 Å². The van der Waals surface area contributed by atoms with Crippen molar-refractivity contribution >= 4 is 17.6 Å². The minimum Gasteiger partial charge on any atom is -0.368 e. The number of rotatable bonds is 6. The summed E-state index contributed by atoms with van der Waals surface area (Å²) in [6, 6.07) is 10.7. The van der Waals surface area contributed by atoms with Crippen molar-refractivity contribution in [3.8, 4) is 0 Å². The molecule has 1 aliphatic rings. The third kappa shape index (κ3) is 5.96. The highest BCUT2D eigenvalue weighted by Crippen LogP contribution is 2.15. The third-order valence-electron chi connectivity index (χ3n) is 4.47. The second-order valence-electron chi connectivity index (χ2n) is 6.35. The first kappa shape index (κ1) is 19.1. The van der Waals surface area contributed by atoms with Crippen LogP contribution in [0.3, 0.4) is 0 Å². The van der Waals surface area contributed by atoms with Crippen molar-refractivity contribution in [1.82, 2.24) is 15.5 Å². The van der Waals surface area contributed by atoms with E-state index in [0.29, 0.717) is 12.0 Å². The Morgan fingerprint density at radius 1 is 1.16 bits per heavy atom. The SMILES string of the molecule is CCNC(=NCC(=O)N1CCN(c2ccccc2)CC1)NC(C)CC. The van der Waals surface area contributed by atoms with Crippen LogP contribution in [0.15, 0.2) is 35.3 Å². The monoisotopic (exact) mass is 345 g/mol. The van der Waals surface area contributed by atoms with E-state index in [1.54, 1.807) is 0 Å². The summed E-state index contributed by atoms with van der Waals surface area (Å²) < 4.78 is 0. The topological polar surface area (TPSA) is 60.0 Å². The van der Waals surface area contributed by atoms with Gasteiger partial charge in [0, 0.05) is 44.5 Å². The van der Waals surface area contributed by atoms with Gasteiger partial charge in [-0.25, -0.2) is 4.99 Å². The second-order valence-corrected chi connectivity index (χ2v) is 6.35. The highest BCUT2D eigenvalue weighted by Gasteiger charge is 2.21. The zero-order chi connectivity index (χ0) is 18.1. The van der Waals surface area contributed by atoms with Gasteiger partial charge >= 0.3 is 0 Å². The summed E-state index contributed by atoms with van der Waals surface area (Å²) in [5.74, 6) is 0.808. The molecule has 1 atom stereocenters. The molecule has 2 N–H and O–H groups in total. The van der Waals surface area contributed by atoms with Crippen molar-refractivity contribution < 1.29 is 4.79 Å². The average Bonchev–Trinajstić information content (AvgIpc) is 2.66. The summed E-state index contributed by atoms with van der Waals surface area (Å²) in [6.45, 7) is 10.5. The Kier molecular flexibility index (Phi) is 7.57. The van der Waals surface area contributed by atoms with E-state index in [2.05, 4.69) is 46.5 Å². The van der Waals surface area contributed by atoms with Crippen LogP contribution in [0.25, 0.3) is 0 Å². The molecule has 1 aromatic rings. The molecule has 0 bridgehead atoms. The van der Waals surface area contributed by atoms with E-state index >= 15 is 0 Å². The number of hydrogen-bond acceptors (Lipinski definition) is 3. The molecule has 0 radical (unpaired) electrons. The number of anilines is 1. The van der Waals surface area contributed by atoms with Crippen LogP contribution < -0.4 is 15.5 Å². The average molecular weight is 345 g/mol. The number of carbonyl (C=O) groups is 1. The van der Waals surface area contributed by atoms with E-state index in [4.69, 9.17) is 0 Å². The fourth-order valence-electron chi connectivity index (χ4n) is 2.76. The van der Waals surface area contributed by atoms with Crippen molar-refractivity contribution in [2.45, 2.75) is 33.2 Å². The molecule has 1 heterocycles. The molecule has 1 unspecified atom stereocenters. The van der Waals surface area contributed by atoms with Crippen LogP contribution in [0.4, 0.5) is 5.69 Å². The fraction of sp³-hybridized carbons (Fsp3) is 0.579. The van der Waals surface area contributed by atoms with Gasteiger partial charge in [0.25, 0.3) is 0 Å². The Morgan fingerprint density at radius 2 is 1.84 bits per heavy atom. The van der Waals surface area contributed by atoms with Gasteiger partial charge in [-0.3, -0.25) is 4.79 Å². The van der Waals surface area contributed by atoms with E-state index in [-0.39, 0.29) is 12.5 Å². The number of aliphatic imine (C=N–C) groups is 1. The summed E-state index contributed by atoms with van der Waals surface area (Å²) in [5, 5.41) is 6.51. The van der Waals surface area contributed by atoms with Gasteiger partial charge in [0.1, 0.15) is 6.54 Å². The van der Waals surface area contributed by atoms with E-state index in [1.165, 1.54) is 5.69 Å². The third-order valence-corrected chi connectivity index (χ3v) is 4.47. The van der Waals surface area contributed by atoms with E-state index in [1.807, 2.05) is 30.0 Å². The molecule has 0 saturated carbocycles. The zero-order valence-corrected chi connectivity index (χ0v) is 15.7. The van der Waals surface area contributed by atoms with Crippen LogP contribution in [0.1, 0.15) is 27.2 Å². The number of nitrogens with one attached hydrogen (secondary N) is 2. The van der Waals surface area contributed by atoms with E-state index in [9.17, 15) is 4.79 Å². The molecule has 0 aromatic heterocycles. The summed E-state index contributed by atoms with van der Waals surface area (Å²) in [5.41, 5.74) is 1.22. The quantitative estimate of drug-likeness (QED) is 0.608. The number of amides is 1. The smallest absolute Gasteiger partial charge is 0.244 e.